The average Bonchev–Trinajstić information content (AvgIpc) is 2.42. The standard InChI is InChI=1S/C13H22N2O6S2/c1-8(16)14-10(12(18)19)6-22-4-3-5-23-7-11(13(20)21)15-9(2)17/h10-11H,3-7H2,1-2H3,(H,14,16)(H,15,17)(H,18,19)(H,20,21). The number of carboxylic acids is 2. The average molecular weight is 366 g/mol. The lowest BCUT2D eigenvalue weighted by Crippen LogP contribution is -2.41. The van der Waals surface area contributed by atoms with E-state index in [1.165, 1.54) is 37.4 Å². The lowest BCUT2D eigenvalue weighted by atomic mass is 10.3. The molecule has 0 aromatic carbocycles. The first-order valence-electron chi connectivity index (χ1n) is 6.89. The molecule has 0 aliphatic heterocycles. The predicted molar refractivity (Wildman–Crippen MR) is 89.7 cm³/mol. The normalized spacial score (nSPS) is 13.0. The zero-order valence-corrected chi connectivity index (χ0v) is 14.7. The van der Waals surface area contributed by atoms with Crippen molar-refractivity contribution in [3.63, 3.8) is 0 Å². The molecule has 2 amide bonds. The van der Waals surface area contributed by atoms with Gasteiger partial charge in [-0.1, -0.05) is 0 Å². The summed E-state index contributed by atoms with van der Waals surface area (Å²) in [4.78, 5) is 43.5. The maximum absolute atomic E-state index is 10.9. The third-order valence-corrected chi connectivity index (χ3v) is 4.79. The molecule has 0 aromatic rings. The second-order valence-electron chi connectivity index (χ2n) is 4.69. The van der Waals surface area contributed by atoms with Gasteiger partial charge in [0.15, 0.2) is 0 Å². The van der Waals surface area contributed by atoms with Gasteiger partial charge < -0.3 is 20.8 Å². The van der Waals surface area contributed by atoms with Gasteiger partial charge in [0.2, 0.25) is 11.8 Å². The number of thioether (sulfide) groups is 2. The van der Waals surface area contributed by atoms with Crippen LogP contribution in [0.25, 0.3) is 0 Å². The maximum atomic E-state index is 10.9. The molecule has 0 bridgehead atoms. The summed E-state index contributed by atoms with van der Waals surface area (Å²) in [5, 5.41) is 22.6. The van der Waals surface area contributed by atoms with Gasteiger partial charge in [-0.2, -0.15) is 23.5 Å². The monoisotopic (exact) mass is 366 g/mol. The molecular formula is C13H22N2O6S2. The Balaban J connectivity index is 3.83. The minimum atomic E-state index is -1.07. The quantitative estimate of drug-likeness (QED) is 0.355. The summed E-state index contributed by atoms with van der Waals surface area (Å²) in [7, 11) is 0. The van der Waals surface area contributed by atoms with Crippen molar-refractivity contribution >= 4 is 47.3 Å². The van der Waals surface area contributed by atoms with Gasteiger partial charge in [0, 0.05) is 25.4 Å². The molecule has 23 heavy (non-hydrogen) atoms. The van der Waals surface area contributed by atoms with Crippen LogP contribution >= 0.6 is 23.5 Å². The minimum absolute atomic E-state index is 0.281. The highest BCUT2D eigenvalue weighted by atomic mass is 32.2. The molecule has 0 aliphatic rings. The van der Waals surface area contributed by atoms with Crippen LogP contribution < -0.4 is 10.6 Å². The molecule has 0 heterocycles. The number of hydrogen-bond donors (Lipinski definition) is 4. The summed E-state index contributed by atoms with van der Waals surface area (Å²) < 4.78 is 0. The second-order valence-corrected chi connectivity index (χ2v) is 6.99. The van der Waals surface area contributed by atoms with E-state index < -0.39 is 24.0 Å². The van der Waals surface area contributed by atoms with Gasteiger partial charge in [-0.15, -0.1) is 0 Å². The van der Waals surface area contributed by atoms with Gasteiger partial charge in [0.1, 0.15) is 12.1 Å². The summed E-state index contributed by atoms with van der Waals surface area (Å²) in [5.74, 6) is -0.935. The van der Waals surface area contributed by atoms with E-state index in [0.29, 0.717) is 11.5 Å². The molecule has 0 saturated carbocycles. The molecule has 132 valence electrons. The second kappa shape index (κ2) is 12.1. The van der Waals surface area contributed by atoms with E-state index in [1.54, 1.807) is 0 Å². The molecule has 8 nitrogen and oxygen atoms in total. The van der Waals surface area contributed by atoms with Crippen LogP contribution in [0.2, 0.25) is 0 Å². The first-order valence-corrected chi connectivity index (χ1v) is 9.20. The summed E-state index contributed by atoms with van der Waals surface area (Å²) >= 11 is 2.83. The van der Waals surface area contributed by atoms with Gasteiger partial charge in [-0.3, -0.25) is 9.59 Å². The molecule has 0 radical (unpaired) electrons. The van der Waals surface area contributed by atoms with Crippen LogP contribution in [-0.2, 0) is 19.2 Å². The molecule has 0 rings (SSSR count). The molecule has 2 unspecified atom stereocenters. The topological polar surface area (TPSA) is 133 Å². The van der Waals surface area contributed by atoms with Crippen molar-refractivity contribution < 1.29 is 29.4 Å². The molecule has 10 heteroatoms. The Labute approximate surface area is 143 Å². The molecule has 0 aromatic heterocycles. The van der Waals surface area contributed by atoms with Gasteiger partial charge in [0.05, 0.1) is 0 Å². The third-order valence-electron chi connectivity index (χ3n) is 2.50. The van der Waals surface area contributed by atoms with Crippen LogP contribution in [0, 0.1) is 0 Å². The van der Waals surface area contributed by atoms with Crippen LogP contribution in [0.1, 0.15) is 20.3 Å². The molecule has 4 N–H and O–H groups in total. The lowest BCUT2D eigenvalue weighted by molar-refractivity contribution is -0.141. The SMILES string of the molecule is CC(=O)NC(CSCCCSCC(NC(C)=O)C(=O)O)C(=O)O. The summed E-state index contributed by atoms with van der Waals surface area (Å²) in [5.41, 5.74) is 0. The van der Waals surface area contributed by atoms with Crippen molar-refractivity contribution in [1.82, 2.24) is 10.6 Å². The van der Waals surface area contributed by atoms with Crippen molar-refractivity contribution in [2.45, 2.75) is 32.4 Å². The predicted octanol–water partition coefficient (Wildman–Crippen LogP) is 0.0215. The van der Waals surface area contributed by atoms with Crippen LogP contribution in [0.3, 0.4) is 0 Å². The Bertz CT molecular complexity index is 395. The summed E-state index contributed by atoms with van der Waals surface area (Å²) in [6, 6.07) is -1.80. The first-order chi connectivity index (χ1) is 10.7. The van der Waals surface area contributed by atoms with E-state index in [9.17, 15) is 19.2 Å². The Kier molecular flexibility index (Phi) is 11.3. The van der Waals surface area contributed by atoms with Gasteiger partial charge in [-0.05, 0) is 17.9 Å². The van der Waals surface area contributed by atoms with E-state index in [1.807, 2.05) is 0 Å². The Morgan fingerprint density at radius 3 is 1.43 bits per heavy atom. The summed E-state index contributed by atoms with van der Waals surface area (Å²) in [6.45, 7) is 2.54. The maximum Gasteiger partial charge on any atom is 0.327 e. The van der Waals surface area contributed by atoms with Crippen LogP contribution in [0.5, 0.6) is 0 Å². The Hall–Kier alpha value is -1.42. The van der Waals surface area contributed by atoms with E-state index in [2.05, 4.69) is 10.6 Å². The third kappa shape index (κ3) is 11.8. The van der Waals surface area contributed by atoms with Gasteiger partial charge >= 0.3 is 11.9 Å². The largest absolute Gasteiger partial charge is 0.480 e. The Morgan fingerprint density at radius 1 is 0.826 bits per heavy atom. The fraction of sp³-hybridized carbons (Fsp3) is 0.692. The van der Waals surface area contributed by atoms with Crippen molar-refractivity contribution in [2.75, 3.05) is 23.0 Å². The fourth-order valence-corrected chi connectivity index (χ4v) is 3.64. The van der Waals surface area contributed by atoms with Gasteiger partial charge in [-0.25, -0.2) is 9.59 Å². The number of nitrogens with one attached hydrogen (secondary N) is 2. The zero-order valence-electron chi connectivity index (χ0n) is 13.0. The van der Waals surface area contributed by atoms with Crippen molar-refractivity contribution in [3.05, 3.63) is 0 Å². The highest BCUT2D eigenvalue weighted by Crippen LogP contribution is 2.11. The molecule has 0 fully saturated rings. The smallest absolute Gasteiger partial charge is 0.327 e. The number of aliphatic carboxylic acids is 2. The van der Waals surface area contributed by atoms with E-state index >= 15 is 0 Å². The van der Waals surface area contributed by atoms with Crippen LogP contribution in [0.4, 0.5) is 0 Å². The van der Waals surface area contributed by atoms with Crippen molar-refractivity contribution in [2.24, 2.45) is 0 Å². The first kappa shape index (κ1) is 21.6. The molecule has 2 atom stereocenters. The van der Waals surface area contributed by atoms with Crippen molar-refractivity contribution in [3.8, 4) is 0 Å². The number of rotatable bonds is 12. The zero-order chi connectivity index (χ0) is 17.8. The van der Waals surface area contributed by atoms with Crippen LogP contribution in [0.15, 0.2) is 0 Å². The molecule has 0 aliphatic carbocycles. The number of amides is 2. The molecular weight excluding hydrogens is 344 g/mol. The number of carbonyl (C=O) groups excluding carboxylic acids is 2. The lowest BCUT2D eigenvalue weighted by Gasteiger charge is -2.13. The Morgan fingerprint density at radius 2 is 1.17 bits per heavy atom. The van der Waals surface area contributed by atoms with Crippen molar-refractivity contribution in [1.29, 1.82) is 0 Å². The molecule has 0 spiro atoms. The van der Waals surface area contributed by atoms with E-state index in [0.717, 1.165) is 6.42 Å². The molecule has 0 saturated heterocycles. The van der Waals surface area contributed by atoms with Gasteiger partial charge in [0.25, 0.3) is 0 Å². The highest BCUT2D eigenvalue weighted by Gasteiger charge is 2.19. The number of carbonyl (C=O) groups is 4. The fourth-order valence-electron chi connectivity index (χ4n) is 1.51. The van der Waals surface area contributed by atoms with Crippen LogP contribution in [-0.4, -0.2) is 69.1 Å². The number of carboxylic acid groups (broad SMARTS) is 2. The minimum Gasteiger partial charge on any atom is -0.480 e. The number of hydrogen-bond acceptors (Lipinski definition) is 6. The summed E-state index contributed by atoms with van der Waals surface area (Å²) in [6.07, 6.45) is 0.772. The van der Waals surface area contributed by atoms with E-state index in [-0.39, 0.29) is 23.3 Å². The highest BCUT2D eigenvalue weighted by molar-refractivity contribution is 8.00. The van der Waals surface area contributed by atoms with E-state index in [4.69, 9.17) is 10.2 Å².